The van der Waals surface area contributed by atoms with E-state index >= 15 is 0 Å². The van der Waals surface area contributed by atoms with Crippen molar-refractivity contribution in [1.29, 1.82) is 0 Å². The molecule has 0 aliphatic rings. The van der Waals surface area contributed by atoms with Crippen LogP contribution in [0.25, 0.3) is 0 Å². The Balaban J connectivity index is 2.87. The van der Waals surface area contributed by atoms with Crippen LogP contribution in [0.15, 0.2) is 18.2 Å². The van der Waals surface area contributed by atoms with Crippen LogP contribution in [0.5, 0.6) is 11.5 Å². The molecule has 0 spiro atoms. The number of carbonyl (C=O) groups is 3. The zero-order valence-corrected chi connectivity index (χ0v) is 18.9. The van der Waals surface area contributed by atoms with E-state index in [-0.39, 0.29) is 61.0 Å². The summed E-state index contributed by atoms with van der Waals surface area (Å²) in [4.78, 5) is 35.7. The van der Waals surface area contributed by atoms with Gasteiger partial charge in [0, 0.05) is 24.1 Å². The number of aliphatic hydroxyl groups excluding tert-OH is 1. The van der Waals surface area contributed by atoms with E-state index in [0.717, 1.165) is 0 Å². The molecule has 31 heavy (non-hydrogen) atoms. The fourth-order valence-electron chi connectivity index (χ4n) is 2.38. The monoisotopic (exact) mass is 439 g/mol. The molecule has 0 fully saturated rings. The van der Waals surface area contributed by atoms with E-state index < -0.39 is 18.2 Å². The van der Waals surface area contributed by atoms with E-state index in [1.54, 1.807) is 13.8 Å². The summed E-state index contributed by atoms with van der Waals surface area (Å²) in [6.45, 7) is 9.86. The van der Waals surface area contributed by atoms with Crippen molar-refractivity contribution in [2.75, 3.05) is 26.4 Å². The standard InChI is InChI=1S/C22H33NO8/c1-6-28-20(26)11-9-17(25)15-8-10-18(19(12-15)31-21(27)29-7-2)30-14-16(24)13-23-22(3,4)5/h8,10,12,16,23-24H,6-7,9,11,13-14H2,1-5H3. The lowest BCUT2D eigenvalue weighted by molar-refractivity contribution is -0.143. The molecule has 9 nitrogen and oxygen atoms in total. The van der Waals surface area contributed by atoms with Gasteiger partial charge in [-0.2, -0.15) is 0 Å². The number of carbonyl (C=O) groups excluding carboxylic acids is 3. The van der Waals surface area contributed by atoms with E-state index in [4.69, 9.17) is 18.9 Å². The number of benzene rings is 1. The van der Waals surface area contributed by atoms with E-state index in [2.05, 4.69) is 5.32 Å². The van der Waals surface area contributed by atoms with Crippen molar-refractivity contribution < 1.29 is 38.4 Å². The molecular weight excluding hydrogens is 406 g/mol. The molecule has 0 amide bonds. The molecule has 0 aliphatic carbocycles. The van der Waals surface area contributed by atoms with E-state index in [1.807, 2.05) is 20.8 Å². The molecule has 0 aliphatic heterocycles. The van der Waals surface area contributed by atoms with Gasteiger partial charge < -0.3 is 29.4 Å². The third kappa shape index (κ3) is 10.8. The number of nitrogens with one attached hydrogen (secondary N) is 1. The van der Waals surface area contributed by atoms with Crippen LogP contribution in [-0.4, -0.2) is 61.0 Å². The fraction of sp³-hybridized carbons (Fsp3) is 0.591. The van der Waals surface area contributed by atoms with Crippen LogP contribution in [0, 0.1) is 0 Å². The first-order valence-electron chi connectivity index (χ1n) is 10.3. The largest absolute Gasteiger partial charge is 0.513 e. The normalized spacial score (nSPS) is 12.1. The van der Waals surface area contributed by atoms with Crippen molar-refractivity contribution in [3.63, 3.8) is 0 Å². The van der Waals surface area contributed by atoms with Gasteiger partial charge in [-0.1, -0.05) is 0 Å². The number of β-amino-alcohol motifs (C(OH)–C–C–N with tert-alkyl or cyclic N) is 1. The Morgan fingerprint density at radius 1 is 1.03 bits per heavy atom. The third-order valence-electron chi connectivity index (χ3n) is 3.88. The number of ether oxygens (including phenoxy) is 4. The predicted molar refractivity (Wildman–Crippen MR) is 114 cm³/mol. The quantitative estimate of drug-likeness (QED) is 0.288. The van der Waals surface area contributed by atoms with E-state index in [1.165, 1.54) is 18.2 Å². The highest BCUT2D eigenvalue weighted by Crippen LogP contribution is 2.30. The van der Waals surface area contributed by atoms with Gasteiger partial charge in [0.05, 0.1) is 19.6 Å². The highest BCUT2D eigenvalue weighted by molar-refractivity contribution is 5.98. The average Bonchev–Trinajstić information content (AvgIpc) is 2.69. The molecule has 0 heterocycles. The Morgan fingerprint density at radius 2 is 1.71 bits per heavy atom. The van der Waals surface area contributed by atoms with E-state index in [0.29, 0.717) is 6.54 Å². The van der Waals surface area contributed by atoms with Crippen molar-refractivity contribution in [1.82, 2.24) is 5.32 Å². The van der Waals surface area contributed by atoms with Gasteiger partial charge in [0.2, 0.25) is 0 Å². The van der Waals surface area contributed by atoms with E-state index in [9.17, 15) is 19.5 Å². The molecule has 0 saturated heterocycles. The second-order valence-electron chi connectivity index (χ2n) is 7.77. The Morgan fingerprint density at radius 3 is 2.32 bits per heavy atom. The summed E-state index contributed by atoms with van der Waals surface area (Å²) >= 11 is 0. The van der Waals surface area contributed by atoms with Crippen LogP contribution >= 0.6 is 0 Å². The van der Waals surface area contributed by atoms with Crippen molar-refractivity contribution >= 4 is 17.9 Å². The van der Waals surface area contributed by atoms with Gasteiger partial charge in [0.25, 0.3) is 0 Å². The van der Waals surface area contributed by atoms with Crippen LogP contribution in [0.3, 0.4) is 0 Å². The molecule has 1 aromatic rings. The predicted octanol–water partition coefficient (Wildman–Crippen LogP) is 2.88. The first kappa shape index (κ1) is 26.4. The third-order valence-corrected chi connectivity index (χ3v) is 3.88. The zero-order chi connectivity index (χ0) is 23.4. The fourth-order valence-corrected chi connectivity index (χ4v) is 2.38. The molecule has 9 heteroatoms. The first-order chi connectivity index (χ1) is 14.6. The van der Waals surface area contributed by atoms with Gasteiger partial charge in [0.15, 0.2) is 17.3 Å². The molecular formula is C22H33NO8. The maximum atomic E-state index is 12.4. The van der Waals surface area contributed by atoms with Crippen molar-refractivity contribution in [2.24, 2.45) is 0 Å². The van der Waals surface area contributed by atoms with Crippen LogP contribution in [0.1, 0.15) is 57.8 Å². The zero-order valence-electron chi connectivity index (χ0n) is 18.9. The number of esters is 1. The molecule has 1 unspecified atom stereocenters. The number of rotatable bonds is 12. The Labute approximate surface area is 183 Å². The SMILES string of the molecule is CCOC(=O)CCC(=O)c1ccc(OCC(O)CNC(C)(C)C)c(OC(=O)OCC)c1. The summed E-state index contributed by atoms with van der Waals surface area (Å²) in [6.07, 6.45) is -1.85. The van der Waals surface area contributed by atoms with Gasteiger partial charge in [0.1, 0.15) is 12.7 Å². The summed E-state index contributed by atoms with van der Waals surface area (Å²) in [6, 6.07) is 4.32. The topological polar surface area (TPSA) is 120 Å². The van der Waals surface area contributed by atoms with Crippen LogP contribution in [0.4, 0.5) is 4.79 Å². The molecule has 1 rings (SSSR count). The molecule has 1 aromatic carbocycles. The lowest BCUT2D eigenvalue weighted by Gasteiger charge is -2.23. The van der Waals surface area contributed by atoms with Gasteiger partial charge in [-0.3, -0.25) is 9.59 Å². The highest BCUT2D eigenvalue weighted by atomic mass is 16.7. The Hall–Kier alpha value is -2.65. The van der Waals surface area contributed by atoms with Gasteiger partial charge in [-0.25, -0.2) is 4.79 Å². The molecule has 0 aromatic heterocycles. The number of aliphatic hydroxyl groups is 1. The lowest BCUT2D eigenvalue weighted by Crippen LogP contribution is -2.42. The molecule has 0 saturated carbocycles. The van der Waals surface area contributed by atoms with Gasteiger partial charge in [-0.15, -0.1) is 0 Å². The number of ketones is 1. The van der Waals surface area contributed by atoms with Crippen molar-refractivity contribution in [3.8, 4) is 11.5 Å². The molecule has 1 atom stereocenters. The summed E-state index contributed by atoms with van der Waals surface area (Å²) in [5.41, 5.74) is 0.0796. The maximum absolute atomic E-state index is 12.4. The van der Waals surface area contributed by atoms with Crippen molar-refractivity contribution in [2.45, 2.75) is 59.1 Å². The number of hydrogen-bond acceptors (Lipinski definition) is 9. The Bertz CT molecular complexity index is 742. The summed E-state index contributed by atoms with van der Waals surface area (Å²) in [5, 5.41) is 13.3. The summed E-state index contributed by atoms with van der Waals surface area (Å²) in [7, 11) is 0. The second kappa shape index (κ2) is 12.9. The smallest absolute Gasteiger partial charge is 0.487 e. The second-order valence-corrected chi connectivity index (χ2v) is 7.77. The minimum atomic E-state index is -0.946. The number of Topliss-reactive ketones (excluding diaryl/α,β-unsaturated/α-hetero) is 1. The lowest BCUT2D eigenvalue weighted by atomic mass is 10.1. The minimum absolute atomic E-state index is 0.0172. The summed E-state index contributed by atoms with van der Waals surface area (Å²) < 4.78 is 20.4. The number of hydrogen-bond donors (Lipinski definition) is 2. The van der Waals surface area contributed by atoms with Crippen LogP contribution < -0.4 is 14.8 Å². The highest BCUT2D eigenvalue weighted by Gasteiger charge is 2.18. The molecule has 2 N–H and O–H groups in total. The van der Waals surface area contributed by atoms with Gasteiger partial charge >= 0.3 is 12.1 Å². The Kier molecular flexibility index (Phi) is 11.0. The van der Waals surface area contributed by atoms with Crippen molar-refractivity contribution in [3.05, 3.63) is 23.8 Å². The molecule has 0 bridgehead atoms. The van der Waals surface area contributed by atoms with Crippen LogP contribution in [0.2, 0.25) is 0 Å². The molecule has 0 radical (unpaired) electrons. The first-order valence-corrected chi connectivity index (χ1v) is 10.3. The minimum Gasteiger partial charge on any atom is -0.487 e. The average molecular weight is 440 g/mol. The molecule has 174 valence electrons. The van der Waals surface area contributed by atoms with Crippen LogP contribution in [-0.2, 0) is 14.3 Å². The van der Waals surface area contributed by atoms with Gasteiger partial charge in [-0.05, 0) is 52.8 Å². The summed E-state index contributed by atoms with van der Waals surface area (Å²) in [5.74, 6) is -0.624. The maximum Gasteiger partial charge on any atom is 0.513 e.